The Morgan fingerprint density at radius 1 is 1.32 bits per heavy atom. The molecule has 2 heterocycles. The fourth-order valence-corrected chi connectivity index (χ4v) is 3.20. The van der Waals surface area contributed by atoms with Crippen LogP contribution in [0.2, 0.25) is 0 Å². The van der Waals surface area contributed by atoms with Crippen LogP contribution >= 0.6 is 11.8 Å². The Bertz CT molecular complexity index is 1070. The van der Waals surface area contributed by atoms with Crippen LogP contribution < -0.4 is 5.56 Å². The van der Waals surface area contributed by atoms with Gasteiger partial charge in [-0.3, -0.25) is 4.79 Å². The van der Waals surface area contributed by atoms with Crippen molar-refractivity contribution in [2.45, 2.75) is 50.0 Å². The Morgan fingerprint density at radius 3 is 2.72 bits per heavy atom. The van der Waals surface area contributed by atoms with Gasteiger partial charge in [0.15, 0.2) is 5.82 Å². The van der Waals surface area contributed by atoms with E-state index >= 15 is 0 Å². The lowest BCUT2D eigenvalue weighted by Crippen LogP contribution is -2.24. The minimum atomic E-state index is -2.06. The summed E-state index contributed by atoms with van der Waals surface area (Å²) in [5.41, 5.74) is 1.60. The third-order valence-electron chi connectivity index (χ3n) is 4.56. The van der Waals surface area contributed by atoms with Crippen LogP contribution in [0.5, 0.6) is 0 Å². The van der Waals surface area contributed by atoms with Crippen molar-refractivity contribution in [1.29, 1.82) is 0 Å². The number of hydrogen-bond acceptors (Lipinski definition) is 4. The van der Waals surface area contributed by atoms with Gasteiger partial charge in [0.2, 0.25) is 5.78 Å². The van der Waals surface area contributed by atoms with E-state index in [0.717, 1.165) is 36.0 Å². The first-order chi connectivity index (χ1) is 13.2. The number of aromatic nitrogens is 4. The molecule has 2 aromatic heterocycles. The molecule has 0 spiro atoms. The zero-order valence-electron chi connectivity index (χ0n) is 17.3. The standard InChI is InChI=1S/C19H22N4OS/c1-12(2)16-11-22(10-13-4-8-15(25-3)9-5-13)19-20-17(14-6-7-14)21-23(19)18(16)24/h4-5,8-9,11-12,14H,6-7,10H2,1-3H3/i3D3. The Hall–Kier alpha value is -2.08. The number of rotatable bonds is 5. The van der Waals surface area contributed by atoms with Crippen molar-refractivity contribution < 1.29 is 4.11 Å². The molecule has 5 nitrogen and oxygen atoms in total. The second-order valence-electron chi connectivity index (χ2n) is 6.87. The zero-order valence-corrected chi connectivity index (χ0v) is 15.1. The van der Waals surface area contributed by atoms with Gasteiger partial charge in [0, 0.05) is 26.7 Å². The third kappa shape index (κ3) is 3.11. The average Bonchev–Trinajstić information content (AvgIpc) is 3.36. The monoisotopic (exact) mass is 357 g/mol. The minimum Gasteiger partial charge on any atom is -0.312 e. The van der Waals surface area contributed by atoms with Crippen molar-refractivity contribution in [2.75, 3.05) is 6.18 Å². The second-order valence-corrected chi connectivity index (χ2v) is 7.55. The molecular weight excluding hydrogens is 332 g/mol. The largest absolute Gasteiger partial charge is 0.312 e. The maximum atomic E-state index is 12.8. The molecule has 0 saturated heterocycles. The van der Waals surface area contributed by atoms with Crippen molar-refractivity contribution in [2.24, 2.45) is 0 Å². The Morgan fingerprint density at radius 2 is 2.08 bits per heavy atom. The molecule has 130 valence electrons. The van der Waals surface area contributed by atoms with Crippen LogP contribution in [-0.4, -0.2) is 25.3 Å². The van der Waals surface area contributed by atoms with E-state index in [9.17, 15) is 4.79 Å². The molecule has 1 aromatic carbocycles. The zero-order chi connectivity index (χ0) is 20.1. The van der Waals surface area contributed by atoms with Gasteiger partial charge in [0.05, 0.1) is 6.54 Å². The first-order valence-electron chi connectivity index (χ1n) is 9.99. The van der Waals surface area contributed by atoms with E-state index in [1.165, 1.54) is 4.52 Å². The summed E-state index contributed by atoms with van der Waals surface area (Å²) in [6.07, 6.45) is 1.97. The predicted octanol–water partition coefficient (Wildman–Crippen LogP) is 3.66. The Labute approximate surface area is 155 Å². The number of nitrogens with zero attached hydrogens (tertiary/aromatic N) is 4. The van der Waals surface area contributed by atoms with Crippen LogP contribution in [0, 0.1) is 0 Å². The number of fused-ring (bicyclic) bond motifs is 1. The molecule has 25 heavy (non-hydrogen) atoms. The summed E-state index contributed by atoms with van der Waals surface area (Å²) >= 11 is 0.866. The molecule has 0 atom stereocenters. The summed E-state index contributed by atoms with van der Waals surface area (Å²) in [6.45, 7) is 4.52. The molecule has 0 aliphatic heterocycles. The number of thioether (sulfide) groups is 1. The lowest BCUT2D eigenvalue weighted by molar-refractivity contribution is 0.711. The van der Waals surface area contributed by atoms with E-state index in [1.54, 1.807) is 0 Å². The Balaban J connectivity index is 1.71. The first-order valence-corrected chi connectivity index (χ1v) is 9.31. The Kier molecular flexibility index (Phi) is 3.34. The number of benzene rings is 1. The van der Waals surface area contributed by atoms with E-state index in [0.29, 0.717) is 28.7 Å². The maximum absolute atomic E-state index is 12.8. The summed E-state index contributed by atoms with van der Waals surface area (Å²) in [7, 11) is 0. The smallest absolute Gasteiger partial charge is 0.279 e. The van der Waals surface area contributed by atoms with Crippen LogP contribution in [0.15, 0.2) is 40.2 Å². The van der Waals surface area contributed by atoms with Gasteiger partial charge in [-0.05, 0) is 42.6 Å². The first kappa shape index (κ1) is 13.2. The van der Waals surface area contributed by atoms with Gasteiger partial charge in [0.1, 0.15) is 0 Å². The second kappa shape index (κ2) is 6.33. The third-order valence-corrected chi connectivity index (χ3v) is 5.06. The van der Waals surface area contributed by atoms with Crippen LogP contribution in [0.25, 0.3) is 5.78 Å². The van der Waals surface area contributed by atoms with E-state index in [-0.39, 0.29) is 11.5 Å². The molecule has 0 radical (unpaired) electrons. The van der Waals surface area contributed by atoms with Crippen molar-refractivity contribution in [3.63, 3.8) is 0 Å². The predicted molar refractivity (Wildman–Crippen MR) is 101 cm³/mol. The van der Waals surface area contributed by atoms with Crippen LogP contribution in [-0.2, 0) is 6.54 Å². The van der Waals surface area contributed by atoms with Crippen LogP contribution in [0.1, 0.15) is 59.6 Å². The molecule has 1 fully saturated rings. The molecule has 0 bridgehead atoms. The number of hydrogen-bond donors (Lipinski definition) is 0. The van der Waals surface area contributed by atoms with Gasteiger partial charge in [-0.2, -0.15) is 9.50 Å². The highest BCUT2D eigenvalue weighted by molar-refractivity contribution is 7.98. The molecule has 1 aliphatic carbocycles. The van der Waals surface area contributed by atoms with Crippen LogP contribution in [0.3, 0.4) is 0 Å². The quantitative estimate of drug-likeness (QED) is 0.654. The summed E-state index contributed by atoms with van der Waals surface area (Å²) in [5, 5.41) is 4.48. The van der Waals surface area contributed by atoms with Gasteiger partial charge in [0.25, 0.3) is 5.56 Å². The van der Waals surface area contributed by atoms with Crippen molar-refractivity contribution >= 4 is 17.5 Å². The van der Waals surface area contributed by atoms with E-state index in [4.69, 9.17) is 4.11 Å². The summed E-state index contributed by atoms with van der Waals surface area (Å²) in [5.74, 6) is 1.75. The van der Waals surface area contributed by atoms with E-state index in [2.05, 4.69) is 10.1 Å². The summed E-state index contributed by atoms with van der Waals surface area (Å²) < 4.78 is 25.5. The topological polar surface area (TPSA) is 52.2 Å². The van der Waals surface area contributed by atoms with Gasteiger partial charge >= 0.3 is 0 Å². The van der Waals surface area contributed by atoms with E-state index < -0.39 is 6.18 Å². The molecule has 4 rings (SSSR count). The summed E-state index contributed by atoms with van der Waals surface area (Å²) in [6, 6.07) is 7.45. The highest BCUT2D eigenvalue weighted by atomic mass is 32.2. The SMILES string of the molecule is [2H]C([2H])([2H])Sc1ccc(Cn2cc(C(C)C)c(=O)n3nc(C4CC4)nc23)cc1. The van der Waals surface area contributed by atoms with Crippen molar-refractivity contribution in [3.8, 4) is 0 Å². The van der Waals surface area contributed by atoms with E-state index in [1.807, 2.05) is 48.9 Å². The van der Waals surface area contributed by atoms with Gasteiger partial charge in [-0.15, -0.1) is 16.9 Å². The minimum absolute atomic E-state index is 0.0785. The van der Waals surface area contributed by atoms with Crippen molar-refractivity contribution in [3.05, 3.63) is 57.8 Å². The highest BCUT2D eigenvalue weighted by Crippen LogP contribution is 2.38. The average molecular weight is 357 g/mol. The fraction of sp³-hybridized carbons (Fsp3) is 0.421. The van der Waals surface area contributed by atoms with Gasteiger partial charge < -0.3 is 4.57 Å². The summed E-state index contributed by atoms with van der Waals surface area (Å²) in [4.78, 5) is 18.1. The molecule has 1 aliphatic rings. The maximum Gasteiger partial charge on any atom is 0.279 e. The lowest BCUT2D eigenvalue weighted by atomic mass is 10.1. The molecule has 0 unspecified atom stereocenters. The molecule has 3 aromatic rings. The van der Waals surface area contributed by atoms with Gasteiger partial charge in [-0.25, -0.2) is 0 Å². The van der Waals surface area contributed by atoms with Gasteiger partial charge in [-0.1, -0.05) is 26.0 Å². The molecule has 1 saturated carbocycles. The normalized spacial score (nSPS) is 16.8. The molecule has 0 amide bonds. The lowest BCUT2D eigenvalue weighted by Gasteiger charge is -2.12. The molecule has 0 N–H and O–H groups in total. The molecular formula is C19H22N4OS. The fourth-order valence-electron chi connectivity index (χ4n) is 2.93. The van der Waals surface area contributed by atoms with Crippen molar-refractivity contribution in [1.82, 2.24) is 19.2 Å². The highest BCUT2D eigenvalue weighted by Gasteiger charge is 2.29. The van der Waals surface area contributed by atoms with Crippen LogP contribution in [0.4, 0.5) is 0 Å². The molecule has 6 heteroatoms.